The highest BCUT2D eigenvalue weighted by Gasteiger charge is 2.09. The van der Waals surface area contributed by atoms with Crippen molar-refractivity contribution in [2.75, 3.05) is 7.11 Å². The van der Waals surface area contributed by atoms with Gasteiger partial charge in [-0.15, -0.1) is 0 Å². The normalized spacial score (nSPS) is 9.86. The summed E-state index contributed by atoms with van der Waals surface area (Å²) in [5.41, 5.74) is 0.416. The predicted octanol–water partition coefficient (Wildman–Crippen LogP) is 2.06. The second-order valence-corrected chi connectivity index (χ2v) is 3.81. The van der Waals surface area contributed by atoms with Crippen LogP contribution < -0.4 is 9.47 Å². The van der Waals surface area contributed by atoms with Gasteiger partial charge in [-0.2, -0.15) is 0 Å². The minimum absolute atomic E-state index is 0.0967. The van der Waals surface area contributed by atoms with Gasteiger partial charge in [-0.1, -0.05) is 13.2 Å². The Hall–Kier alpha value is -3.15. The monoisotopic (exact) mass is 302 g/mol. The van der Waals surface area contributed by atoms with Crippen LogP contribution in [0, 0.1) is 0 Å². The van der Waals surface area contributed by atoms with Crippen LogP contribution >= 0.6 is 0 Å². The summed E-state index contributed by atoms with van der Waals surface area (Å²) in [5, 5.41) is 0. The lowest BCUT2D eigenvalue weighted by atomic mass is 10.1. The van der Waals surface area contributed by atoms with E-state index in [9.17, 15) is 14.4 Å². The molecule has 22 heavy (non-hydrogen) atoms. The highest BCUT2D eigenvalue weighted by Crippen LogP contribution is 2.26. The van der Waals surface area contributed by atoms with Gasteiger partial charge in [-0.3, -0.25) is 0 Å². The number of carbonyl (C=O) groups excluding carboxylic acids is 3. The molecule has 0 saturated heterocycles. The van der Waals surface area contributed by atoms with Gasteiger partial charge >= 0.3 is 17.9 Å². The molecule has 0 amide bonds. The molecule has 0 aliphatic carbocycles. The Kier molecular flexibility index (Phi) is 6.31. The molecule has 0 aromatic heterocycles. The van der Waals surface area contributed by atoms with E-state index in [-0.39, 0.29) is 11.5 Å². The quantitative estimate of drug-likeness (QED) is 0.454. The van der Waals surface area contributed by atoms with Crippen LogP contribution in [0.4, 0.5) is 0 Å². The SMILES string of the molecule is C=CC(=O)Oc1ccc(/C=C/C(=O)OC)c(OC(=O)C=C)c1. The van der Waals surface area contributed by atoms with Crippen molar-refractivity contribution in [1.29, 1.82) is 0 Å². The van der Waals surface area contributed by atoms with Gasteiger partial charge < -0.3 is 14.2 Å². The Labute approximate surface area is 127 Å². The largest absolute Gasteiger partial charge is 0.466 e. The number of hydrogen-bond donors (Lipinski definition) is 0. The Balaban J connectivity index is 3.13. The number of hydrogen-bond acceptors (Lipinski definition) is 6. The van der Waals surface area contributed by atoms with Crippen LogP contribution in [0.5, 0.6) is 11.5 Å². The Morgan fingerprint density at radius 3 is 2.23 bits per heavy atom. The van der Waals surface area contributed by atoms with Gasteiger partial charge in [-0.05, 0) is 18.2 Å². The minimum atomic E-state index is -0.695. The first-order valence-electron chi connectivity index (χ1n) is 6.08. The molecular weight excluding hydrogens is 288 g/mol. The van der Waals surface area contributed by atoms with Crippen LogP contribution in [-0.4, -0.2) is 25.0 Å². The first kappa shape index (κ1) is 16.9. The third kappa shape index (κ3) is 5.09. The molecule has 0 aliphatic heterocycles. The van der Waals surface area contributed by atoms with Gasteiger partial charge in [0.15, 0.2) is 0 Å². The lowest BCUT2D eigenvalue weighted by Crippen LogP contribution is -2.06. The predicted molar refractivity (Wildman–Crippen MR) is 79.2 cm³/mol. The average Bonchev–Trinajstić information content (AvgIpc) is 2.53. The Bertz CT molecular complexity index is 642. The van der Waals surface area contributed by atoms with Crippen molar-refractivity contribution in [3.05, 3.63) is 55.1 Å². The third-order valence-corrected chi connectivity index (χ3v) is 2.35. The van der Waals surface area contributed by atoms with Crippen molar-refractivity contribution in [3.8, 4) is 11.5 Å². The fraction of sp³-hybridized carbons (Fsp3) is 0.0625. The Morgan fingerprint density at radius 2 is 1.64 bits per heavy atom. The summed E-state index contributed by atoms with van der Waals surface area (Å²) in [6.07, 6.45) is 4.54. The van der Waals surface area contributed by atoms with Crippen LogP contribution in [-0.2, 0) is 19.1 Å². The molecule has 0 N–H and O–H groups in total. The topological polar surface area (TPSA) is 78.9 Å². The van der Waals surface area contributed by atoms with E-state index in [0.717, 1.165) is 18.2 Å². The Morgan fingerprint density at radius 1 is 1.00 bits per heavy atom. The first-order valence-corrected chi connectivity index (χ1v) is 6.08. The highest BCUT2D eigenvalue weighted by molar-refractivity contribution is 5.89. The third-order valence-electron chi connectivity index (χ3n) is 2.35. The summed E-state index contributed by atoms with van der Waals surface area (Å²) >= 11 is 0. The molecule has 0 aliphatic rings. The first-order chi connectivity index (χ1) is 10.5. The second-order valence-electron chi connectivity index (χ2n) is 3.81. The molecule has 0 heterocycles. The molecular formula is C16H14O6. The van der Waals surface area contributed by atoms with Gasteiger partial charge in [0, 0.05) is 29.9 Å². The zero-order valence-electron chi connectivity index (χ0n) is 11.9. The molecule has 6 nitrogen and oxygen atoms in total. The average molecular weight is 302 g/mol. The van der Waals surface area contributed by atoms with E-state index in [4.69, 9.17) is 9.47 Å². The minimum Gasteiger partial charge on any atom is -0.466 e. The number of carbonyl (C=O) groups is 3. The number of rotatable bonds is 6. The number of methoxy groups -OCH3 is 1. The molecule has 114 valence electrons. The van der Waals surface area contributed by atoms with Crippen LogP contribution in [0.3, 0.4) is 0 Å². The molecule has 0 radical (unpaired) electrons. The van der Waals surface area contributed by atoms with E-state index in [2.05, 4.69) is 17.9 Å². The maximum Gasteiger partial charge on any atom is 0.335 e. The number of benzene rings is 1. The fourth-order valence-corrected chi connectivity index (χ4v) is 1.34. The second kappa shape index (κ2) is 8.21. The molecule has 0 saturated carbocycles. The maximum absolute atomic E-state index is 11.3. The lowest BCUT2D eigenvalue weighted by molar-refractivity contribution is -0.135. The van der Waals surface area contributed by atoms with Crippen LogP contribution in [0.25, 0.3) is 6.08 Å². The van der Waals surface area contributed by atoms with Crippen molar-refractivity contribution in [2.45, 2.75) is 0 Å². The zero-order valence-corrected chi connectivity index (χ0v) is 11.9. The lowest BCUT2D eigenvalue weighted by Gasteiger charge is -2.08. The highest BCUT2D eigenvalue weighted by atomic mass is 16.5. The summed E-state index contributed by atoms with van der Waals surface area (Å²) in [6, 6.07) is 4.32. The summed E-state index contributed by atoms with van der Waals surface area (Å²) < 4.78 is 14.4. The molecule has 0 fully saturated rings. The molecule has 0 atom stereocenters. The van der Waals surface area contributed by atoms with E-state index >= 15 is 0 Å². The molecule has 1 aromatic rings. The van der Waals surface area contributed by atoms with Gasteiger partial charge in [0.25, 0.3) is 0 Å². The number of esters is 3. The van der Waals surface area contributed by atoms with Crippen LogP contribution in [0.2, 0.25) is 0 Å². The van der Waals surface area contributed by atoms with Crippen LogP contribution in [0.15, 0.2) is 49.6 Å². The van der Waals surface area contributed by atoms with E-state index in [1.165, 1.54) is 31.4 Å². The van der Waals surface area contributed by atoms with Gasteiger partial charge in [0.2, 0.25) is 0 Å². The van der Waals surface area contributed by atoms with E-state index in [1.807, 2.05) is 0 Å². The molecule has 1 rings (SSSR count). The molecule has 6 heteroatoms. The molecule has 0 unspecified atom stereocenters. The van der Waals surface area contributed by atoms with Gasteiger partial charge in [0.05, 0.1) is 7.11 Å². The molecule has 1 aromatic carbocycles. The van der Waals surface area contributed by atoms with Crippen molar-refractivity contribution >= 4 is 24.0 Å². The summed E-state index contributed by atoms with van der Waals surface area (Å²) in [5.74, 6) is -1.66. The maximum atomic E-state index is 11.3. The van der Waals surface area contributed by atoms with Crippen molar-refractivity contribution in [1.82, 2.24) is 0 Å². The smallest absolute Gasteiger partial charge is 0.335 e. The molecule has 0 bridgehead atoms. The summed E-state index contributed by atoms with van der Waals surface area (Å²) in [6.45, 7) is 6.57. The van der Waals surface area contributed by atoms with Crippen molar-refractivity contribution in [2.24, 2.45) is 0 Å². The van der Waals surface area contributed by atoms with Crippen molar-refractivity contribution in [3.63, 3.8) is 0 Å². The summed E-state index contributed by atoms with van der Waals surface area (Å²) in [7, 11) is 1.24. The van der Waals surface area contributed by atoms with E-state index in [1.54, 1.807) is 0 Å². The van der Waals surface area contributed by atoms with E-state index < -0.39 is 17.9 Å². The van der Waals surface area contributed by atoms with Gasteiger partial charge in [-0.25, -0.2) is 14.4 Å². The zero-order chi connectivity index (χ0) is 16.5. The van der Waals surface area contributed by atoms with E-state index in [0.29, 0.717) is 5.56 Å². The van der Waals surface area contributed by atoms with Crippen molar-refractivity contribution < 1.29 is 28.6 Å². The summed E-state index contributed by atoms with van der Waals surface area (Å²) in [4.78, 5) is 33.6. The van der Waals surface area contributed by atoms with Gasteiger partial charge in [0.1, 0.15) is 11.5 Å². The fourth-order valence-electron chi connectivity index (χ4n) is 1.34. The van der Waals surface area contributed by atoms with Crippen LogP contribution in [0.1, 0.15) is 5.56 Å². The molecule has 0 spiro atoms. The number of ether oxygens (including phenoxy) is 3. The standard InChI is InChI=1S/C16H14O6/c1-4-14(17)21-12-8-6-11(7-9-16(19)20-3)13(10-12)22-15(18)5-2/h4-10H,1-2H2,3H3/b9-7+.